The number of methoxy groups -OCH3 is 2. The van der Waals surface area contributed by atoms with E-state index < -0.39 is 0 Å². The molecule has 0 N–H and O–H groups in total. The first-order valence-electron chi connectivity index (χ1n) is 6.31. The van der Waals surface area contributed by atoms with Crippen LogP contribution in [-0.2, 0) is 14.3 Å². The number of carbonyl (C=O) groups excluding carboxylic acids is 1. The van der Waals surface area contributed by atoms with Crippen molar-refractivity contribution in [2.75, 3.05) is 47.1 Å². The van der Waals surface area contributed by atoms with Gasteiger partial charge in [-0.15, -0.1) is 0 Å². The lowest BCUT2D eigenvalue weighted by Gasteiger charge is -2.22. The van der Waals surface area contributed by atoms with Crippen molar-refractivity contribution in [1.82, 2.24) is 4.90 Å². The predicted octanol–water partition coefficient (Wildman–Crippen LogP) is 1.95. The Morgan fingerprint density at radius 3 is 2.40 bits per heavy atom. The molecule has 112 valence electrons. The van der Waals surface area contributed by atoms with Gasteiger partial charge in [0.15, 0.2) is 6.61 Å². The second-order valence-electron chi connectivity index (χ2n) is 4.11. The van der Waals surface area contributed by atoms with E-state index in [1.165, 1.54) is 0 Å². The van der Waals surface area contributed by atoms with Gasteiger partial charge >= 0.3 is 0 Å². The summed E-state index contributed by atoms with van der Waals surface area (Å²) in [5, 5.41) is 0. The average molecular weight is 346 g/mol. The molecular formula is C14H20BrNO4. The number of amides is 1. The Morgan fingerprint density at radius 1 is 1.20 bits per heavy atom. The van der Waals surface area contributed by atoms with Gasteiger partial charge in [0.1, 0.15) is 5.75 Å². The molecule has 0 aliphatic rings. The van der Waals surface area contributed by atoms with Crippen molar-refractivity contribution in [3.8, 4) is 5.75 Å². The van der Waals surface area contributed by atoms with Crippen LogP contribution in [0.5, 0.6) is 5.75 Å². The number of benzene rings is 1. The normalized spacial score (nSPS) is 10.3. The van der Waals surface area contributed by atoms with Crippen LogP contribution >= 0.6 is 15.9 Å². The van der Waals surface area contributed by atoms with Gasteiger partial charge in [0.05, 0.1) is 13.2 Å². The van der Waals surface area contributed by atoms with Gasteiger partial charge in [0, 0.05) is 31.8 Å². The first-order valence-corrected chi connectivity index (χ1v) is 7.10. The van der Waals surface area contributed by atoms with Gasteiger partial charge in [0.2, 0.25) is 0 Å². The van der Waals surface area contributed by atoms with Gasteiger partial charge < -0.3 is 19.1 Å². The van der Waals surface area contributed by atoms with Crippen LogP contribution in [-0.4, -0.2) is 57.9 Å². The predicted molar refractivity (Wildman–Crippen MR) is 80.0 cm³/mol. The number of hydrogen-bond acceptors (Lipinski definition) is 4. The molecule has 0 heterocycles. The number of hydrogen-bond donors (Lipinski definition) is 0. The summed E-state index contributed by atoms with van der Waals surface area (Å²) in [5.41, 5.74) is 0. The molecule has 5 nitrogen and oxygen atoms in total. The standard InChI is InChI=1S/C14H20BrNO4/c1-18-8-6-16(7-9-19-2)14(17)11-20-13-5-3-4-12(15)10-13/h3-5,10H,6-9,11H2,1-2H3. The van der Waals surface area contributed by atoms with Crippen LogP contribution in [0.1, 0.15) is 0 Å². The van der Waals surface area contributed by atoms with Gasteiger partial charge in [-0.2, -0.15) is 0 Å². The van der Waals surface area contributed by atoms with E-state index >= 15 is 0 Å². The molecule has 1 aromatic rings. The maximum Gasteiger partial charge on any atom is 0.260 e. The Labute approximate surface area is 127 Å². The minimum absolute atomic E-state index is 0.00385. The summed E-state index contributed by atoms with van der Waals surface area (Å²) in [6.45, 7) is 2.05. The first kappa shape index (κ1) is 16.9. The summed E-state index contributed by atoms with van der Waals surface area (Å²) in [7, 11) is 3.22. The highest BCUT2D eigenvalue weighted by Gasteiger charge is 2.13. The van der Waals surface area contributed by atoms with Gasteiger partial charge in [0.25, 0.3) is 5.91 Å². The highest BCUT2D eigenvalue weighted by atomic mass is 79.9. The Hall–Kier alpha value is -1.11. The van der Waals surface area contributed by atoms with Crippen LogP contribution in [0.3, 0.4) is 0 Å². The zero-order valence-corrected chi connectivity index (χ0v) is 13.4. The minimum atomic E-state index is -0.0842. The maximum absolute atomic E-state index is 12.1. The summed E-state index contributed by atoms with van der Waals surface area (Å²) in [5.74, 6) is 0.574. The maximum atomic E-state index is 12.1. The van der Waals surface area contributed by atoms with E-state index in [0.29, 0.717) is 32.1 Å². The van der Waals surface area contributed by atoms with Crippen LogP contribution in [0, 0.1) is 0 Å². The molecule has 0 aliphatic carbocycles. The molecule has 0 spiro atoms. The molecule has 0 aromatic heterocycles. The fraction of sp³-hybridized carbons (Fsp3) is 0.500. The lowest BCUT2D eigenvalue weighted by molar-refractivity contribution is -0.134. The lowest BCUT2D eigenvalue weighted by atomic mass is 10.3. The van der Waals surface area contributed by atoms with Crippen molar-refractivity contribution in [2.24, 2.45) is 0 Å². The molecule has 1 amide bonds. The monoisotopic (exact) mass is 345 g/mol. The largest absolute Gasteiger partial charge is 0.484 e. The summed E-state index contributed by atoms with van der Waals surface area (Å²) in [6.07, 6.45) is 0. The smallest absolute Gasteiger partial charge is 0.260 e. The lowest BCUT2D eigenvalue weighted by Crippen LogP contribution is -2.39. The molecule has 1 aromatic carbocycles. The van der Waals surface area contributed by atoms with Crippen LogP contribution in [0.25, 0.3) is 0 Å². The fourth-order valence-corrected chi connectivity index (χ4v) is 1.94. The van der Waals surface area contributed by atoms with Crippen molar-refractivity contribution in [1.29, 1.82) is 0 Å². The third-order valence-electron chi connectivity index (χ3n) is 2.64. The third kappa shape index (κ3) is 6.36. The van der Waals surface area contributed by atoms with E-state index in [0.717, 1.165) is 4.47 Å². The first-order chi connectivity index (χ1) is 9.67. The molecule has 0 saturated carbocycles. The highest BCUT2D eigenvalue weighted by molar-refractivity contribution is 9.10. The van der Waals surface area contributed by atoms with E-state index in [2.05, 4.69) is 15.9 Å². The summed E-state index contributed by atoms with van der Waals surface area (Å²) < 4.78 is 16.4. The molecule has 0 unspecified atom stereocenters. The van der Waals surface area contributed by atoms with E-state index in [4.69, 9.17) is 14.2 Å². The molecule has 6 heteroatoms. The Bertz CT molecular complexity index is 406. The van der Waals surface area contributed by atoms with Crippen LogP contribution in [0.15, 0.2) is 28.7 Å². The van der Waals surface area contributed by atoms with Crippen LogP contribution in [0.4, 0.5) is 0 Å². The third-order valence-corrected chi connectivity index (χ3v) is 3.14. The fourth-order valence-electron chi connectivity index (χ4n) is 1.56. The number of carbonyl (C=O) groups is 1. The van der Waals surface area contributed by atoms with Gasteiger partial charge in [-0.05, 0) is 18.2 Å². The summed E-state index contributed by atoms with van der Waals surface area (Å²) in [4.78, 5) is 13.8. The quantitative estimate of drug-likeness (QED) is 0.686. The molecule has 1 rings (SSSR count). The van der Waals surface area contributed by atoms with Crippen molar-refractivity contribution >= 4 is 21.8 Å². The van der Waals surface area contributed by atoms with Crippen LogP contribution < -0.4 is 4.74 Å². The van der Waals surface area contributed by atoms with Crippen LogP contribution in [0.2, 0.25) is 0 Å². The molecule has 0 bridgehead atoms. The van der Waals surface area contributed by atoms with E-state index in [-0.39, 0.29) is 12.5 Å². The Morgan fingerprint density at radius 2 is 1.85 bits per heavy atom. The van der Waals surface area contributed by atoms with Crippen molar-refractivity contribution in [2.45, 2.75) is 0 Å². The van der Waals surface area contributed by atoms with Crippen molar-refractivity contribution in [3.05, 3.63) is 28.7 Å². The number of halogens is 1. The van der Waals surface area contributed by atoms with Gasteiger partial charge in [-0.3, -0.25) is 4.79 Å². The second kappa shape index (κ2) is 9.74. The molecule has 0 saturated heterocycles. The zero-order chi connectivity index (χ0) is 14.8. The minimum Gasteiger partial charge on any atom is -0.484 e. The molecule has 0 atom stereocenters. The second-order valence-corrected chi connectivity index (χ2v) is 5.03. The topological polar surface area (TPSA) is 48.0 Å². The van der Waals surface area contributed by atoms with Gasteiger partial charge in [-0.25, -0.2) is 0 Å². The molecule has 20 heavy (non-hydrogen) atoms. The van der Waals surface area contributed by atoms with Gasteiger partial charge in [-0.1, -0.05) is 22.0 Å². The SMILES string of the molecule is COCCN(CCOC)C(=O)COc1cccc(Br)c1. The molecule has 0 radical (unpaired) electrons. The highest BCUT2D eigenvalue weighted by Crippen LogP contribution is 2.17. The summed E-state index contributed by atoms with van der Waals surface area (Å²) in [6, 6.07) is 7.39. The Balaban J connectivity index is 2.47. The molecular weight excluding hydrogens is 326 g/mol. The number of nitrogens with zero attached hydrogens (tertiary/aromatic N) is 1. The van der Waals surface area contributed by atoms with E-state index in [1.54, 1.807) is 19.1 Å². The molecule has 0 fully saturated rings. The number of ether oxygens (including phenoxy) is 3. The van der Waals surface area contributed by atoms with E-state index in [1.807, 2.05) is 24.3 Å². The molecule has 0 aliphatic heterocycles. The van der Waals surface area contributed by atoms with Crippen molar-refractivity contribution < 1.29 is 19.0 Å². The van der Waals surface area contributed by atoms with E-state index in [9.17, 15) is 4.79 Å². The average Bonchev–Trinajstić information content (AvgIpc) is 2.45. The number of rotatable bonds is 9. The Kier molecular flexibility index (Phi) is 8.25. The summed E-state index contributed by atoms with van der Waals surface area (Å²) >= 11 is 3.36. The zero-order valence-electron chi connectivity index (χ0n) is 11.8. The van der Waals surface area contributed by atoms with Crippen molar-refractivity contribution in [3.63, 3.8) is 0 Å².